The highest BCUT2D eigenvalue weighted by molar-refractivity contribution is 5.85. The number of carbonyl (C=O) groups excluding carboxylic acids is 2. The lowest BCUT2D eigenvalue weighted by molar-refractivity contribution is -0.138. The van der Waals surface area contributed by atoms with Crippen molar-refractivity contribution in [3.8, 4) is 22.8 Å². The Morgan fingerprint density at radius 3 is 2.80 bits per heavy atom. The predicted octanol–water partition coefficient (Wildman–Crippen LogP) is -0.0793. The van der Waals surface area contributed by atoms with Gasteiger partial charge in [-0.05, 0) is 18.2 Å². The molecule has 0 saturated carbocycles. The maximum atomic E-state index is 12.3. The average molecular weight is 345 g/mol. The topological polar surface area (TPSA) is 98.6 Å². The molecule has 1 N–H and O–H groups in total. The molecule has 9 nitrogen and oxygen atoms in total. The molecule has 0 radical (unpaired) electrons. The predicted molar refractivity (Wildman–Crippen MR) is 88.2 cm³/mol. The summed E-state index contributed by atoms with van der Waals surface area (Å²) < 4.78 is 12.0. The maximum absolute atomic E-state index is 12.3. The van der Waals surface area contributed by atoms with E-state index in [1.807, 2.05) is 6.07 Å². The number of methoxy groups -OCH3 is 2. The van der Waals surface area contributed by atoms with Crippen molar-refractivity contribution < 1.29 is 19.1 Å². The summed E-state index contributed by atoms with van der Waals surface area (Å²) in [5.41, 5.74) is 1.42. The Morgan fingerprint density at radius 2 is 2.08 bits per heavy atom. The van der Waals surface area contributed by atoms with Crippen LogP contribution in [0.2, 0.25) is 0 Å². The fourth-order valence-corrected chi connectivity index (χ4v) is 2.59. The van der Waals surface area contributed by atoms with Crippen LogP contribution in [0.15, 0.2) is 24.4 Å². The first-order valence-corrected chi connectivity index (χ1v) is 7.77. The Balaban J connectivity index is 1.72. The van der Waals surface area contributed by atoms with E-state index < -0.39 is 0 Å². The molecule has 9 heteroatoms. The third-order valence-electron chi connectivity index (χ3n) is 3.91. The van der Waals surface area contributed by atoms with Gasteiger partial charge in [0.05, 0.1) is 27.0 Å². The van der Waals surface area contributed by atoms with Crippen LogP contribution in [-0.4, -0.2) is 65.6 Å². The number of nitrogens with zero attached hydrogens (tertiary/aromatic N) is 4. The van der Waals surface area contributed by atoms with E-state index in [9.17, 15) is 9.59 Å². The standard InChI is InChI=1S/C16H19N5O4/c1-24-13-4-3-11(7-14(13)25-2)12-8-21(19-18-12)10-16(23)20-6-5-17-15(22)9-20/h3-4,7-8H,5-6,9-10H2,1-2H3,(H,17,22). The van der Waals surface area contributed by atoms with Gasteiger partial charge in [0, 0.05) is 18.7 Å². The molecule has 2 aromatic rings. The summed E-state index contributed by atoms with van der Waals surface area (Å²) >= 11 is 0. The van der Waals surface area contributed by atoms with Gasteiger partial charge in [-0.15, -0.1) is 5.10 Å². The molecule has 2 heterocycles. The molecule has 0 spiro atoms. The minimum Gasteiger partial charge on any atom is -0.493 e. The summed E-state index contributed by atoms with van der Waals surface area (Å²) in [5, 5.41) is 10.8. The number of aromatic nitrogens is 3. The number of ether oxygens (including phenoxy) is 2. The summed E-state index contributed by atoms with van der Waals surface area (Å²) in [6.07, 6.45) is 1.68. The molecule has 3 rings (SSSR count). The lowest BCUT2D eigenvalue weighted by Gasteiger charge is -2.26. The molecule has 132 valence electrons. The van der Waals surface area contributed by atoms with Crippen molar-refractivity contribution in [2.75, 3.05) is 33.9 Å². The summed E-state index contributed by atoms with van der Waals surface area (Å²) in [4.78, 5) is 25.1. The molecule has 1 saturated heterocycles. The first kappa shape index (κ1) is 16.7. The minimum absolute atomic E-state index is 0.0353. The summed E-state index contributed by atoms with van der Waals surface area (Å²) in [5.74, 6) is 0.893. The largest absolute Gasteiger partial charge is 0.493 e. The first-order chi connectivity index (χ1) is 12.1. The van der Waals surface area contributed by atoms with Crippen LogP contribution in [0.4, 0.5) is 0 Å². The monoisotopic (exact) mass is 345 g/mol. The van der Waals surface area contributed by atoms with Crippen LogP contribution >= 0.6 is 0 Å². The lowest BCUT2D eigenvalue weighted by Crippen LogP contribution is -2.50. The zero-order valence-electron chi connectivity index (χ0n) is 14.1. The van der Waals surface area contributed by atoms with E-state index in [1.165, 1.54) is 9.58 Å². The Kier molecular flexibility index (Phi) is 4.82. The summed E-state index contributed by atoms with van der Waals surface area (Å²) in [6.45, 7) is 1.09. The van der Waals surface area contributed by atoms with E-state index in [4.69, 9.17) is 9.47 Å². The zero-order valence-corrected chi connectivity index (χ0v) is 14.1. The third kappa shape index (κ3) is 3.70. The van der Waals surface area contributed by atoms with Gasteiger partial charge >= 0.3 is 0 Å². The number of rotatable bonds is 5. The lowest BCUT2D eigenvalue weighted by atomic mass is 10.1. The summed E-state index contributed by atoms with van der Waals surface area (Å²) in [7, 11) is 3.13. The number of carbonyl (C=O) groups is 2. The molecular formula is C16H19N5O4. The average Bonchev–Trinajstić information content (AvgIpc) is 3.09. The minimum atomic E-state index is -0.168. The highest BCUT2D eigenvalue weighted by atomic mass is 16.5. The smallest absolute Gasteiger partial charge is 0.244 e. The fraction of sp³-hybridized carbons (Fsp3) is 0.375. The van der Waals surface area contributed by atoms with Crippen molar-refractivity contribution in [1.82, 2.24) is 25.2 Å². The number of piperazine rings is 1. The van der Waals surface area contributed by atoms with E-state index in [2.05, 4.69) is 15.6 Å². The molecule has 1 aromatic carbocycles. The molecule has 1 aliphatic heterocycles. The molecule has 0 aliphatic carbocycles. The van der Waals surface area contributed by atoms with Crippen LogP contribution in [0.1, 0.15) is 0 Å². The second kappa shape index (κ2) is 7.20. The van der Waals surface area contributed by atoms with Crippen LogP contribution in [0, 0.1) is 0 Å². The van der Waals surface area contributed by atoms with Crippen molar-refractivity contribution in [2.24, 2.45) is 0 Å². The van der Waals surface area contributed by atoms with Gasteiger partial charge < -0.3 is 19.7 Å². The van der Waals surface area contributed by atoms with Crippen molar-refractivity contribution in [2.45, 2.75) is 6.54 Å². The Bertz CT molecular complexity index is 789. The van der Waals surface area contributed by atoms with E-state index in [1.54, 1.807) is 32.5 Å². The van der Waals surface area contributed by atoms with Gasteiger partial charge in [-0.2, -0.15) is 0 Å². The molecule has 0 bridgehead atoms. The van der Waals surface area contributed by atoms with Crippen molar-refractivity contribution in [3.63, 3.8) is 0 Å². The fourth-order valence-electron chi connectivity index (χ4n) is 2.59. The molecule has 25 heavy (non-hydrogen) atoms. The Hall–Kier alpha value is -3.10. The van der Waals surface area contributed by atoms with Crippen molar-refractivity contribution >= 4 is 11.8 Å². The number of amides is 2. The van der Waals surface area contributed by atoms with Gasteiger partial charge in [-0.25, -0.2) is 4.68 Å². The maximum Gasteiger partial charge on any atom is 0.244 e. The number of hydrogen-bond acceptors (Lipinski definition) is 6. The number of benzene rings is 1. The van der Waals surface area contributed by atoms with E-state index in [-0.39, 0.29) is 24.9 Å². The van der Waals surface area contributed by atoms with Crippen LogP contribution in [-0.2, 0) is 16.1 Å². The first-order valence-electron chi connectivity index (χ1n) is 7.77. The molecule has 2 amide bonds. The normalized spacial score (nSPS) is 14.2. The zero-order chi connectivity index (χ0) is 17.8. The summed E-state index contributed by atoms with van der Waals surface area (Å²) in [6, 6.07) is 5.42. The molecule has 1 aliphatic rings. The van der Waals surface area contributed by atoms with Gasteiger partial charge in [0.1, 0.15) is 12.2 Å². The van der Waals surface area contributed by atoms with Gasteiger partial charge in [0.15, 0.2) is 11.5 Å². The quantitative estimate of drug-likeness (QED) is 0.814. The van der Waals surface area contributed by atoms with Crippen LogP contribution in [0.25, 0.3) is 11.3 Å². The number of hydrogen-bond donors (Lipinski definition) is 1. The molecule has 1 fully saturated rings. The molecule has 0 atom stereocenters. The van der Waals surface area contributed by atoms with E-state index in [0.29, 0.717) is 30.3 Å². The number of nitrogens with one attached hydrogen (secondary N) is 1. The van der Waals surface area contributed by atoms with E-state index in [0.717, 1.165) is 5.56 Å². The molecular weight excluding hydrogens is 326 g/mol. The molecule has 0 unspecified atom stereocenters. The van der Waals surface area contributed by atoms with Crippen LogP contribution < -0.4 is 14.8 Å². The SMILES string of the molecule is COc1ccc(-c2cn(CC(=O)N3CCNC(=O)C3)nn2)cc1OC. The highest BCUT2D eigenvalue weighted by Gasteiger charge is 2.21. The van der Waals surface area contributed by atoms with Gasteiger partial charge in [0.25, 0.3) is 0 Å². The molecule has 1 aromatic heterocycles. The van der Waals surface area contributed by atoms with Gasteiger partial charge in [-0.3, -0.25) is 9.59 Å². The van der Waals surface area contributed by atoms with Crippen molar-refractivity contribution in [3.05, 3.63) is 24.4 Å². The Labute approximate surface area is 144 Å². The second-order valence-corrected chi connectivity index (χ2v) is 5.54. The third-order valence-corrected chi connectivity index (χ3v) is 3.91. The second-order valence-electron chi connectivity index (χ2n) is 5.54. The Morgan fingerprint density at radius 1 is 1.28 bits per heavy atom. The van der Waals surface area contributed by atoms with Crippen molar-refractivity contribution in [1.29, 1.82) is 0 Å². The van der Waals surface area contributed by atoms with E-state index >= 15 is 0 Å². The van der Waals surface area contributed by atoms with Crippen LogP contribution in [0.3, 0.4) is 0 Å². The van der Waals surface area contributed by atoms with Gasteiger partial charge in [0.2, 0.25) is 11.8 Å². The highest BCUT2D eigenvalue weighted by Crippen LogP contribution is 2.31. The van der Waals surface area contributed by atoms with Crippen LogP contribution in [0.5, 0.6) is 11.5 Å². The van der Waals surface area contributed by atoms with Gasteiger partial charge in [-0.1, -0.05) is 5.21 Å².